The summed E-state index contributed by atoms with van der Waals surface area (Å²) in [5.74, 6) is -0.155. The maximum absolute atomic E-state index is 12.6. The van der Waals surface area contributed by atoms with Crippen molar-refractivity contribution in [2.75, 3.05) is 20.2 Å². The molecule has 0 amide bonds. The van der Waals surface area contributed by atoms with Crippen LogP contribution in [0.1, 0.15) is 5.56 Å². The number of ether oxygens (including phenoxy) is 1. The summed E-state index contributed by atoms with van der Waals surface area (Å²) in [6.45, 7) is 0.680. The maximum Gasteiger partial charge on any atom is 0.419 e. The first-order chi connectivity index (χ1) is 7.45. The quantitative estimate of drug-likeness (QED) is 0.863. The molecule has 0 fully saturated rings. The topological polar surface area (TPSA) is 21.3 Å². The van der Waals surface area contributed by atoms with E-state index in [9.17, 15) is 13.2 Å². The summed E-state index contributed by atoms with van der Waals surface area (Å²) in [5.41, 5.74) is -0.758. The minimum atomic E-state index is -4.39. The number of hydrogen-bond acceptors (Lipinski definition) is 2. The highest BCUT2D eigenvalue weighted by molar-refractivity contribution is 9.10. The Morgan fingerprint density at radius 2 is 2.06 bits per heavy atom. The van der Waals surface area contributed by atoms with Crippen LogP contribution in [0.3, 0.4) is 0 Å². The van der Waals surface area contributed by atoms with Crippen LogP contribution in [0.4, 0.5) is 13.2 Å². The molecular weight excluding hydrogens is 287 g/mol. The van der Waals surface area contributed by atoms with Crippen molar-refractivity contribution in [2.45, 2.75) is 6.18 Å². The molecule has 0 aliphatic rings. The van der Waals surface area contributed by atoms with Crippen molar-refractivity contribution in [3.63, 3.8) is 0 Å². The van der Waals surface area contributed by atoms with Gasteiger partial charge in [-0.15, -0.1) is 0 Å². The van der Waals surface area contributed by atoms with Crippen molar-refractivity contribution in [3.05, 3.63) is 28.2 Å². The number of likely N-dealkylation sites (N-methyl/N-ethyl adjacent to an activating group) is 1. The Hall–Kier alpha value is -0.750. The van der Waals surface area contributed by atoms with E-state index >= 15 is 0 Å². The molecule has 0 aliphatic carbocycles. The van der Waals surface area contributed by atoms with Crippen LogP contribution < -0.4 is 10.1 Å². The highest BCUT2D eigenvalue weighted by Gasteiger charge is 2.34. The minimum absolute atomic E-state index is 0.155. The molecule has 0 spiro atoms. The highest BCUT2D eigenvalue weighted by atomic mass is 79.9. The number of nitrogens with one attached hydrogen (secondary N) is 1. The molecule has 1 N–H and O–H groups in total. The van der Waals surface area contributed by atoms with E-state index in [1.54, 1.807) is 7.05 Å². The van der Waals surface area contributed by atoms with Crippen LogP contribution in [0.5, 0.6) is 5.75 Å². The molecule has 0 saturated carbocycles. The largest absolute Gasteiger partial charge is 0.492 e. The average Bonchev–Trinajstić information content (AvgIpc) is 2.16. The van der Waals surface area contributed by atoms with Crippen LogP contribution in [-0.4, -0.2) is 20.2 Å². The molecule has 1 aromatic rings. The molecule has 90 valence electrons. The zero-order valence-electron chi connectivity index (χ0n) is 8.57. The van der Waals surface area contributed by atoms with E-state index in [1.807, 2.05) is 0 Å². The Bertz CT molecular complexity index is 354. The smallest absolute Gasteiger partial charge is 0.419 e. The summed E-state index contributed by atoms with van der Waals surface area (Å²) in [4.78, 5) is 0. The molecule has 0 aromatic heterocycles. The SMILES string of the molecule is CNCCOc1cc(Br)ccc1C(F)(F)F. The zero-order chi connectivity index (χ0) is 12.2. The molecular formula is C10H11BrF3NO. The van der Waals surface area contributed by atoms with Gasteiger partial charge in [0.25, 0.3) is 0 Å². The standard InChI is InChI=1S/C10H11BrF3NO/c1-15-4-5-16-9-6-7(11)2-3-8(9)10(12,13)14/h2-3,6,15H,4-5H2,1H3. The van der Waals surface area contributed by atoms with Crippen LogP contribution >= 0.6 is 15.9 Å². The second-order valence-corrected chi connectivity index (χ2v) is 4.01. The molecule has 0 radical (unpaired) electrons. The predicted molar refractivity (Wildman–Crippen MR) is 58.6 cm³/mol. The van der Waals surface area contributed by atoms with Gasteiger partial charge in [0.1, 0.15) is 12.4 Å². The second kappa shape index (κ2) is 5.54. The Labute approximate surface area is 99.9 Å². The summed E-state index contributed by atoms with van der Waals surface area (Å²) < 4.78 is 43.4. The van der Waals surface area contributed by atoms with Crippen molar-refractivity contribution in [3.8, 4) is 5.75 Å². The number of hydrogen-bond donors (Lipinski definition) is 1. The van der Waals surface area contributed by atoms with Gasteiger partial charge in [0.2, 0.25) is 0 Å². The third-order valence-corrected chi connectivity index (χ3v) is 2.35. The zero-order valence-corrected chi connectivity index (χ0v) is 10.2. The van der Waals surface area contributed by atoms with E-state index in [0.717, 1.165) is 6.07 Å². The molecule has 6 heteroatoms. The fourth-order valence-corrected chi connectivity index (χ4v) is 1.45. The van der Waals surface area contributed by atoms with Crippen molar-refractivity contribution in [1.29, 1.82) is 0 Å². The molecule has 16 heavy (non-hydrogen) atoms. The monoisotopic (exact) mass is 297 g/mol. The van der Waals surface area contributed by atoms with Crippen LogP contribution in [0, 0.1) is 0 Å². The number of alkyl halides is 3. The average molecular weight is 298 g/mol. The van der Waals surface area contributed by atoms with Crippen LogP contribution in [0.15, 0.2) is 22.7 Å². The Kier molecular flexibility index (Phi) is 4.61. The third-order valence-electron chi connectivity index (χ3n) is 1.86. The van der Waals surface area contributed by atoms with E-state index in [0.29, 0.717) is 11.0 Å². The number of halogens is 4. The highest BCUT2D eigenvalue weighted by Crippen LogP contribution is 2.37. The fourth-order valence-electron chi connectivity index (χ4n) is 1.11. The molecule has 0 saturated heterocycles. The van der Waals surface area contributed by atoms with Crippen LogP contribution in [0.2, 0.25) is 0 Å². The van der Waals surface area contributed by atoms with E-state index in [2.05, 4.69) is 21.2 Å². The maximum atomic E-state index is 12.6. The molecule has 1 aromatic carbocycles. The van der Waals surface area contributed by atoms with Gasteiger partial charge in [-0.2, -0.15) is 13.2 Å². The van der Waals surface area contributed by atoms with E-state index in [1.165, 1.54) is 12.1 Å². The second-order valence-electron chi connectivity index (χ2n) is 3.09. The first kappa shape index (κ1) is 13.3. The summed E-state index contributed by atoms with van der Waals surface area (Å²) >= 11 is 3.11. The van der Waals surface area contributed by atoms with Crippen molar-refractivity contribution in [2.24, 2.45) is 0 Å². The van der Waals surface area contributed by atoms with Gasteiger partial charge in [-0.05, 0) is 25.2 Å². The lowest BCUT2D eigenvalue weighted by molar-refractivity contribution is -0.138. The summed E-state index contributed by atoms with van der Waals surface area (Å²) in [7, 11) is 1.70. The van der Waals surface area contributed by atoms with Gasteiger partial charge in [-0.1, -0.05) is 15.9 Å². The van der Waals surface area contributed by atoms with Gasteiger partial charge in [0.05, 0.1) is 5.56 Å². The summed E-state index contributed by atoms with van der Waals surface area (Å²) in [5, 5.41) is 2.79. The van der Waals surface area contributed by atoms with Crippen LogP contribution in [0.25, 0.3) is 0 Å². The number of rotatable bonds is 4. The summed E-state index contributed by atoms with van der Waals surface area (Å²) in [6, 6.07) is 3.66. The normalized spacial score (nSPS) is 11.6. The molecule has 0 unspecified atom stereocenters. The fraction of sp³-hybridized carbons (Fsp3) is 0.400. The lowest BCUT2D eigenvalue weighted by Gasteiger charge is -2.14. The minimum Gasteiger partial charge on any atom is -0.492 e. The number of benzene rings is 1. The molecule has 1 rings (SSSR count). The van der Waals surface area contributed by atoms with Gasteiger partial charge in [-0.25, -0.2) is 0 Å². The summed E-state index contributed by atoms with van der Waals surface area (Å²) in [6.07, 6.45) is -4.39. The Balaban J connectivity index is 2.90. The first-order valence-corrected chi connectivity index (χ1v) is 5.38. The Morgan fingerprint density at radius 1 is 1.38 bits per heavy atom. The van der Waals surface area contributed by atoms with Crippen molar-refractivity contribution < 1.29 is 17.9 Å². The first-order valence-electron chi connectivity index (χ1n) is 4.59. The van der Waals surface area contributed by atoms with E-state index in [4.69, 9.17) is 4.74 Å². The van der Waals surface area contributed by atoms with E-state index in [-0.39, 0.29) is 12.4 Å². The van der Waals surface area contributed by atoms with Gasteiger partial charge in [0.15, 0.2) is 0 Å². The lowest BCUT2D eigenvalue weighted by Crippen LogP contribution is -2.17. The van der Waals surface area contributed by atoms with Gasteiger partial charge in [0, 0.05) is 11.0 Å². The molecule has 2 nitrogen and oxygen atoms in total. The lowest BCUT2D eigenvalue weighted by atomic mass is 10.2. The Morgan fingerprint density at radius 3 is 2.62 bits per heavy atom. The third kappa shape index (κ3) is 3.68. The molecule has 0 heterocycles. The molecule has 0 aliphatic heterocycles. The van der Waals surface area contributed by atoms with Gasteiger partial charge < -0.3 is 10.1 Å². The van der Waals surface area contributed by atoms with Gasteiger partial charge in [-0.3, -0.25) is 0 Å². The molecule has 0 atom stereocenters. The van der Waals surface area contributed by atoms with Crippen molar-refractivity contribution in [1.82, 2.24) is 5.32 Å². The van der Waals surface area contributed by atoms with Crippen molar-refractivity contribution >= 4 is 15.9 Å². The predicted octanol–water partition coefficient (Wildman–Crippen LogP) is 3.07. The van der Waals surface area contributed by atoms with E-state index < -0.39 is 11.7 Å². The molecule has 0 bridgehead atoms. The van der Waals surface area contributed by atoms with Gasteiger partial charge >= 0.3 is 6.18 Å². The van der Waals surface area contributed by atoms with Crippen LogP contribution in [-0.2, 0) is 6.18 Å².